The molecule has 0 spiro atoms. The second-order valence-corrected chi connectivity index (χ2v) is 6.34. The average molecular weight is 355 g/mol. The molecule has 7 heteroatoms. The summed E-state index contributed by atoms with van der Waals surface area (Å²) < 4.78 is 10.6. The van der Waals surface area contributed by atoms with Crippen LogP contribution < -0.4 is 20.1 Å². The first-order chi connectivity index (χ1) is 12.5. The second kappa shape index (κ2) is 7.86. The van der Waals surface area contributed by atoms with Crippen molar-refractivity contribution in [3.8, 4) is 11.5 Å². The van der Waals surface area contributed by atoms with Gasteiger partial charge in [-0.05, 0) is 35.7 Å². The minimum Gasteiger partial charge on any atom is -0.454 e. The standard InChI is InChI=1S/C19H21N3O4/c1-12(2)17(22-18(23)14-4-3-7-20-10-14)19(24)21-9-13-5-6-15-16(8-13)26-11-25-15/h3-8,10,12,17H,9,11H2,1-2H3,(H,21,24)(H,22,23)/t17-/m1/s1. The normalized spacial score (nSPS) is 13.3. The van der Waals surface area contributed by atoms with Crippen LogP contribution in [-0.2, 0) is 11.3 Å². The number of benzene rings is 1. The maximum Gasteiger partial charge on any atom is 0.253 e. The second-order valence-electron chi connectivity index (χ2n) is 6.34. The van der Waals surface area contributed by atoms with Crippen LogP contribution in [0.2, 0.25) is 0 Å². The van der Waals surface area contributed by atoms with E-state index in [1.807, 2.05) is 32.0 Å². The lowest BCUT2D eigenvalue weighted by Gasteiger charge is -2.21. The monoisotopic (exact) mass is 355 g/mol. The number of hydrogen-bond donors (Lipinski definition) is 2. The molecule has 0 aliphatic carbocycles. The Morgan fingerprint density at radius 1 is 1.19 bits per heavy atom. The average Bonchev–Trinajstić information content (AvgIpc) is 3.12. The van der Waals surface area contributed by atoms with Crippen LogP contribution in [0.3, 0.4) is 0 Å². The number of aromatic nitrogens is 1. The molecule has 136 valence electrons. The lowest BCUT2D eigenvalue weighted by molar-refractivity contribution is -0.124. The third-order valence-electron chi connectivity index (χ3n) is 4.06. The number of nitrogens with zero attached hydrogens (tertiary/aromatic N) is 1. The van der Waals surface area contributed by atoms with Crippen LogP contribution in [0, 0.1) is 5.92 Å². The first-order valence-electron chi connectivity index (χ1n) is 8.41. The highest BCUT2D eigenvalue weighted by Crippen LogP contribution is 2.32. The van der Waals surface area contributed by atoms with E-state index < -0.39 is 6.04 Å². The molecule has 2 heterocycles. The van der Waals surface area contributed by atoms with Gasteiger partial charge in [0.2, 0.25) is 12.7 Å². The first-order valence-corrected chi connectivity index (χ1v) is 8.41. The smallest absolute Gasteiger partial charge is 0.253 e. The molecule has 1 aliphatic heterocycles. The predicted octanol–water partition coefficient (Wildman–Crippen LogP) is 1.88. The summed E-state index contributed by atoms with van der Waals surface area (Å²) in [5.74, 6) is 0.739. The molecule has 1 atom stereocenters. The summed E-state index contributed by atoms with van der Waals surface area (Å²) >= 11 is 0. The van der Waals surface area contributed by atoms with E-state index in [1.54, 1.807) is 18.3 Å². The summed E-state index contributed by atoms with van der Waals surface area (Å²) in [6, 6.07) is 8.21. The zero-order valence-electron chi connectivity index (χ0n) is 14.7. The quantitative estimate of drug-likeness (QED) is 0.826. The van der Waals surface area contributed by atoms with Gasteiger partial charge in [0, 0.05) is 18.9 Å². The van der Waals surface area contributed by atoms with Crippen LogP contribution in [0.5, 0.6) is 11.5 Å². The van der Waals surface area contributed by atoms with Gasteiger partial charge in [0.1, 0.15) is 6.04 Å². The van der Waals surface area contributed by atoms with Gasteiger partial charge >= 0.3 is 0 Å². The Morgan fingerprint density at radius 3 is 2.73 bits per heavy atom. The van der Waals surface area contributed by atoms with Crippen molar-refractivity contribution in [2.75, 3.05) is 6.79 Å². The maximum atomic E-state index is 12.6. The molecule has 0 fully saturated rings. The third kappa shape index (κ3) is 4.11. The largest absolute Gasteiger partial charge is 0.454 e. The van der Waals surface area contributed by atoms with Gasteiger partial charge in [0.05, 0.1) is 5.56 Å². The van der Waals surface area contributed by atoms with E-state index in [1.165, 1.54) is 6.20 Å². The summed E-state index contributed by atoms with van der Waals surface area (Å²) in [4.78, 5) is 28.8. The number of nitrogens with one attached hydrogen (secondary N) is 2. The zero-order valence-corrected chi connectivity index (χ0v) is 14.7. The number of hydrogen-bond acceptors (Lipinski definition) is 5. The van der Waals surface area contributed by atoms with Gasteiger partial charge in [0.15, 0.2) is 11.5 Å². The number of ether oxygens (including phenoxy) is 2. The van der Waals surface area contributed by atoms with Crippen LogP contribution in [-0.4, -0.2) is 29.6 Å². The molecule has 1 aliphatic rings. The third-order valence-corrected chi connectivity index (χ3v) is 4.06. The van der Waals surface area contributed by atoms with E-state index in [0.717, 1.165) is 5.56 Å². The van der Waals surface area contributed by atoms with Crippen molar-refractivity contribution < 1.29 is 19.1 Å². The lowest BCUT2D eigenvalue weighted by Crippen LogP contribution is -2.49. The Labute approximate surface area is 151 Å². The summed E-state index contributed by atoms with van der Waals surface area (Å²) in [7, 11) is 0. The van der Waals surface area contributed by atoms with Crippen LogP contribution in [0.25, 0.3) is 0 Å². The predicted molar refractivity (Wildman–Crippen MR) is 94.7 cm³/mol. The lowest BCUT2D eigenvalue weighted by atomic mass is 10.0. The van der Waals surface area contributed by atoms with Gasteiger partial charge in [-0.3, -0.25) is 14.6 Å². The fourth-order valence-corrected chi connectivity index (χ4v) is 2.61. The maximum absolute atomic E-state index is 12.6. The number of carbonyl (C=O) groups is 2. The zero-order chi connectivity index (χ0) is 18.5. The Kier molecular flexibility index (Phi) is 5.36. The first kappa shape index (κ1) is 17.7. The molecule has 3 rings (SSSR count). The molecule has 0 saturated carbocycles. The summed E-state index contributed by atoms with van der Waals surface area (Å²) in [6.45, 7) is 4.31. The van der Waals surface area contributed by atoms with Crippen LogP contribution in [0.15, 0.2) is 42.7 Å². The summed E-state index contributed by atoms with van der Waals surface area (Å²) in [5, 5.41) is 5.64. The fraction of sp³-hybridized carbons (Fsp3) is 0.316. The van der Waals surface area contributed by atoms with Crippen molar-refractivity contribution in [3.05, 3.63) is 53.9 Å². The molecule has 1 aromatic heterocycles. The van der Waals surface area contributed by atoms with E-state index in [4.69, 9.17) is 9.47 Å². The van der Waals surface area contributed by atoms with Gasteiger partial charge < -0.3 is 20.1 Å². The highest BCUT2D eigenvalue weighted by molar-refractivity contribution is 5.97. The molecule has 1 aromatic carbocycles. The number of pyridine rings is 1. The van der Waals surface area contributed by atoms with Crippen LogP contribution >= 0.6 is 0 Å². The van der Waals surface area contributed by atoms with E-state index in [0.29, 0.717) is 23.6 Å². The van der Waals surface area contributed by atoms with E-state index in [9.17, 15) is 9.59 Å². The number of rotatable bonds is 6. The van der Waals surface area contributed by atoms with Crippen molar-refractivity contribution in [1.82, 2.24) is 15.6 Å². The molecule has 0 unspecified atom stereocenters. The van der Waals surface area contributed by atoms with Crippen molar-refractivity contribution in [2.24, 2.45) is 5.92 Å². The van der Waals surface area contributed by atoms with Gasteiger partial charge in [0.25, 0.3) is 5.91 Å². The van der Waals surface area contributed by atoms with Crippen molar-refractivity contribution in [2.45, 2.75) is 26.4 Å². The number of carbonyl (C=O) groups excluding carboxylic acids is 2. The van der Waals surface area contributed by atoms with Gasteiger partial charge in [-0.25, -0.2) is 0 Å². The molecular formula is C19H21N3O4. The van der Waals surface area contributed by atoms with E-state index in [-0.39, 0.29) is 24.5 Å². The molecule has 0 saturated heterocycles. The van der Waals surface area contributed by atoms with E-state index in [2.05, 4.69) is 15.6 Å². The van der Waals surface area contributed by atoms with Gasteiger partial charge in [-0.15, -0.1) is 0 Å². The summed E-state index contributed by atoms with van der Waals surface area (Å²) in [6.07, 6.45) is 3.06. The SMILES string of the molecule is CC(C)[C@@H](NC(=O)c1cccnc1)C(=O)NCc1ccc2c(c1)OCO2. The molecule has 2 aromatic rings. The van der Waals surface area contributed by atoms with Crippen LogP contribution in [0.1, 0.15) is 29.8 Å². The van der Waals surface area contributed by atoms with E-state index >= 15 is 0 Å². The minimum atomic E-state index is -0.642. The molecule has 0 bridgehead atoms. The Morgan fingerprint density at radius 2 is 2.00 bits per heavy atom. The Hall–Kier alpha value is -3.09. The fourth-order valence-electron chi connectivity index (χ4n) is 2.61. The molecule has 7 nitrogen and oxygen atoms in total. The van der Waals surface area contributed by atoms with Crippen molar-refractivity contribution in [3.63, 3.8) is 0 Å². The molecule has 2 amide bonds. The Bertz CT molecular complexity index is 793. The highest BCUT2D eigenvalue weighted by atomic mass is 16.7. The number of amides is 2. The minimum absolute atomic E-state index is 0.0626. The summed E-state index contributed by atoms with van der Waals surface area (Å²) in [5.41, 5.74) is 1.31. The van der Waals surface area contributed by atoms with Crippen molar-refractivity contribution >= 4 is 11.8 Å². The van der Waals surface area contributed by atoms with Crippen molar-refractivity contribution in [1.29, 1.82) is 0 Å². The number of fused-ring (bicyclic) bond motifs is 1. The van der Waals surface area contributed by atoms with Crippen LogP contribution in [0.4, 0.5) is 0 Å². The topological polar surface area (TPSA) is 89.6 Å². The molecular weight excluding hydrogens is 334 g/mol. The molecule has 2 N–H and O–H groups in total. The highest BCUT2D eigenvalue weighted by Gasteiger charge is 2.24. The van der Waals surface area contributed by atoms with Gasteiger partial charge in [-0.1, -0.05) is 19.9 Å². The molecule has 0 radical (unpaired) electrons. The van der Waals surface area contributed by atoms with Gasteiger partial charge in [-0.2, -0.15) is 0 Å². The molecule has 26 heavy (non-hydrogen) atoms. The Balaban J connectivity index is 1.61.